The first-order valence-electron chi connectivity index (χ1n) is 10.6. The highest BCUT2D eigenvalue weighted by atomic mass is 32.2. The maximum Gasteiger partial charge on any atom is 0.417 e. The lowest BCUT2D eigenvalue weighted by Crippen LogP contribution is -2.49. The molecular weight excluding hydrogens is 432 g/mol. The standard InChI is InChI=1S/C22H28N4O5S/c1-14(2)26-15(3)11-18(16(26)4)20(27)13-24-7-9-25(10-8-24)32(29,30)17-5-6-19-21(12-17)31-22(28)23-19/h5-6,11-12,14H,7-10,13H2,1-4H3,(H,23,28). The molecule has 1 fully saturated rings. The second-order valence-corrected chi connectivity index (χ2v) is 10.5. The van der Waals surface area contributed by atoms with E-state index in [-0.39, 0.29) is 41.9 Å². The first kappa shape index (κ1) is 22.5. The Morgan fingerprint density at radius 3 is 2.44 bits per heavy atom. The van der Waals surface area contributed by atoms with Crippen molar-refractivity contribution in [3.63, 3.8) is 0 Å². The molecule has 0 aliphatic carbocycles. The molecule has 0 saturated carbocycles. The number of aromatic amines is 1. The molecule has 172 valence electrons. The van der Waals surface area contributed by atoms with E-state index in [0.717, 1.165) is 17.0 Å². The molecule has 2 aromatic heterocycles. The molecule has 3 heterocycles. The van der Waals surface area contributed by atoms with Crippen molar-refractivity contribution < 1.29 is 17.6 Å². The summed E-state index contributed by atoms with van der Waals surface area (Å²) in [5.41, 5.74) is 3.42. The number of carbonyl (C=O) groups is 1. The van der Waals surface area contributed by atoms with Gasteiger partial charge in [0.2, 0.25) is 10.0 Å². The fourth-order valence-electron chi connectivity index (χ4n) is 4.51. The minimum absolute atomic E-state index is 0.0502. The van der Waals surface area contributed by atoms with Gasteiger partial charge in [-0.2, -0.15) is 4.31 Å². The number of aromatic nitrogens is 2. The highest BCUT2D eigenvalue weighted by Crippen LogP contribution is 2.23. The summed E-state index contributed by atoms with van der Waals surface area (Å²) in [6, 6.07) is 6.57. The summed E-state index contributed by atoms with van der Waals surface area (Å²) >= 11 is 0. The smallest absolute Gasteiger partial charge is 0.408 e. The van der Waals surface area contributed by atoms with Crippen LogP contribution in [-0.2, 0) is 10.0 Å². The summed E-state index contributed by atoms with van der Waals surface area (Å²) in [4.78, 5) is 28.8. The molecular formula is C22H28N4O5S. The Labute approximate surface area is 186 Å². The van der Waals surface area contributed by atoms with Crippen LogP contribution in [0.3, 0.4) is 0 Å². The number of oxazole rings is 1. The summed E-state index contributed by atoms with van der Waals surface area (Å²) in [5, 5.41) is 0. The molecule has 4 rings (SSSR count). The van der Waals surface area contributed by atoms with Gasteiger partial charge >= 0.3 is 5.76 Å². The molecule has 0 spiro atoms. The first-order valence-corrected chi connectivity index (χ1v) is 12.1. The maximum atomic E-state index is 13.0. The second kappa shape index (κ2) is 8.34. The number of hydrogen-bond acceptors (Lipinski definition) is 6. The molecule has 10 heteroatoms. The Morgan fingerprint density at radius 1 is 1.12 bits per heavy atom. The molecule has 0 bridgehead atoms. The number of rotatable bonds is 6. The summed E-state index contributed by atoms with van der Waals surface area (Å²) in [5.74, 6) is -0.573. The Hall–Kier alpha value is -2.69. The monoisotopic (exact) mass is 460 g/mol. The van der Waals surface area contributed by atoms with Gasteiger partial charge in [-0.25, -0.2) is 13.2 Å². The summed E-state index contributed by atoms with van der Waals surface area (Å²) in [7, 11) is -3.72. The van der Waals surface area contributed by atoms with Crippen LogP contribution in [0.4, 0.5) is 0 Å². The number of sulfonamides is 1. The van der Waals surface area contributed by atoms with Crippen LogP contribution in [0.2, 0.25) is 0 Å². The van der Waals surface area contributed by atoms with E-state index in [2.05, 4.69) is 23.4 Å². The predicted molar refractivity (Wildman–Crippen MR) is 121 cm³/mol. The molecule has 3 aromatic rings. The van der Waals surface area contributed by atoms with E-state index >= 15 is 0 Å². The van der Waals surface area contributed by atoms with Gasteiger partial charge in [0.1, 0.15) is 0 Å². The largest absolute Gasteiger partial charge is 0.417 e. The van der Waals surface area contributed by atoms with E-state index in [1.165, 1.54) is 22.5 Å². The van der Waals surface area contributed by atoms with Crippen LogP contribution >= 0.6 is 0 Å². The number of aryl methyl sites for hydroxylation is 1. The van der Waals surface area contributed by atoms with Crippen molar-refractivity contribution in [2.45, 2.75) is 38.6 Å². The summed E-state index contributed by atoms with van der Waals surface area (Å²) in [6.45, 7) is 9.93. The van der Waals surface area contributed by atoms with E-state index < -0.39 is 15.8 Å². The molecule has 0 atom stereocenters. The highest BCUT2D eigenvalue weighted by molar-refractivity contribution is 7.89. The fraction of sp³-hybridized carbons (Fsp3) is 0.455. The zero-order valence-corrected chi connectivity index (χ0v) is 19.5. The molecule has 9 nitrogen and oxygen atoms in total. The molecule has 1 aromatic carbocycles. The number of carbonyl (C=O) groups excluding carboxylic acids is 1. The third-order valence-corrected chi connectivity index (χ3v) is 7.92. The number of Topliss-reactive ketones (excluding diaryl/α,β-unsaturated/α-hetero) is 1. The van der Waals surface area contributed by atoms with Crippen molar-refractivity contribution in [2.75, 3.05) is 32.7 Å². The number of nitrogens with one attached hydrogen (secondary N) is 1. The van der Waals surface area contributed by atoms with Gasteiger partial charge < -0.3 is 8.98 Å². The van der Waals surface area contributed by atoms with E-state index in [1.807, 2.05) is 24.8 Å². The maximum absolute atomic E-state index is 13.0. The highest BCUT2D eigenvalue weighted by Gasteiger charge is 2.30. The van der Waals surface area contributed by atoms with Gasteiger partial charge in [0.25, 0.3) is 0 Å². The third-order valence-electron chi connectivity index (χ3n) is 6.03. The van der Waals surface area contributed by atoms with Crippen LogP contribution in [0.5, 0.6) is 0 Å². The number of H-pyrrole nitrogens is 1. The number of fused-ring (bicyclic) bond motifs is 1. The van der Waals surface area contributed by atoms with E-state index in [0.29, 0.717) is 18.6 Å². The van der Waals surface area contributed by atoms with Gasteiger partial charge in [-0.15, -0.1) is 0 Å². The van der Waals surface area contributed by atoms with Crippen molar-refractivity contribution in [3.8, 4) is 0 Å². The minimum Gasteiger partial charge on any atom is -0.408 e. The molecule has 1 aliphatic rings. The Bertz CT molecular complexity index is 1320. The lowest BCUT2D eigenvalue weighted by Gasteiger charge is -2.33. The van der Waals surface area contributed by atoms with Crippen LogP contribution in [0.1, 0.15) is 41.6 Å². The molecule has 0 amide bonds. The van der Waals surface area contributed by atoms with Crippen LogP contribution in [0, 0.1) is 13.8 Å². The van der Waals surface area contributed by atoms with Crippen LogP contribution < -0.4 is 5.76 Å². The van der Waals surface area contributed by atoms with Crippen molar-refractivity contribution in [1.82, 2.24) is 18.8 Å². The van der Waals surface area contributed by atoms with Gasteiger partial charge in [0, 0.05) is 55.2 Å². The molecule has 0 unspecified atom stereocenters. The Morgan fingerprint density at radius 2 is 1.81 bits per heavy atom. The average Bonchev–Trinajstić information content (AvgIpc) is 3.25. The number of hydrogen-bond donors (Lipinski definition) is 1. The number of nitrogens with zero attached hydrogens (tertiary/aromatic N) is 3. The molecule has 0 radical (unpaired) electrons. The number of piperazine rings is 1. The summed E-state index contributed by atoms with van der Waals surface area (Å²) < 4.78 is 34.6. The Balaban J connectivity index is 1.43. The normalized spacial score (nSPS) is 16.3. The number of ketones is 1. The predicted octanol–water partition coefficient (Wildman–Crippen LogP) is 2.31. The SMILES string of the molecule is Cc1cc(C(=O)CN2CCN(S(=O)(=O)c3ccc4[nH]c(=O)oc4c3)CC2)c(C)n1C(C)C. The van der Waals surface area contributed by atoms with Gasteiger partial charge in [-0.1, -0.05) is 0 Å². The first-order chi connectivity index (χ1) is 15.1. The van der Waals surface area contributed by atoms with E-state index in [4.69, 9.17) is 4.42 Å². The molecule has 32 heavy (non-hydrogen) atoms. The average molecular weight is 461 g/mol. The minimum atomic E-state index is -3.72. The fourth-order valence-corrected chi connectivity index (χ4v) is 5.94. The third kappa shape index (κ3) is 4.05. The number of benzene rings is 1. The van der Waals surface area contributed by atoms with Gasteiger partial charge in [-0.3, -0.25) is 14.7 Å². The van der Waals surface area contributed by atoms with Crippen molar-refractivity contribution >= 4 is 26.9 Å². The topological polar surface area (TPSA) is 109 Å². The quantitative estimate of drug-likeness (QED) is 0.566. The van der Waals surface area contributed by atoms with Crippen molar-refractivity contribution in [1.29, 1.82) is 0 Å². The van der Waals surface area contributed by atoms with Crippen LogP contribution in [-0.4, -0.2) is 65.7 Å². The second-order valence-electron chi connectivity index (χ2n) is 8.52. The van der Waals surface area contributed by atoms with Crippen LogP contribution in [0.25, 0.3) is 11.1 Å². The van der Waals surface area contributed by atoms with Crippen molar-refractivity contribution in [3.05, 3.63) is 51.8 Å². The summed E-state index contributed by atoms with van der Waals surface area (Å²) in [6.07, 6.45) is 0. The van der Waals surface area contributed by atoms with Gasteiger partial charge in [-0.05, 0) is 45.9 Å². The lowest BCUT2D eigenvalue weighted by atomic mass is 10.1. The zero-order valence-electron chi connectivity index (χ0n) is 18.7. The van der Waals surface area contributed by atoms with Crippen molar-refractivity contribution in [2.24, 2.45) is 0 Å². The molecule has 1 N–H and O–H groups in total. The van der Waals surface area contributed by atoms with E-state index in [9.17, 15) is 18.0 Å². The Kier molecular flexibility index (Phi) is 5.87. The van der Waals surface area contributed by atoms with Crippen LogP contribution in [0.15, 0.2) is 38.4 Å². The zero-order chi connectivity index (χ0) is 23.2. The molecule has 1 aliphatic heterocycles. The van der Waals surface area contributed by atoms with Gasteiger partial charge in [0.05, 0.1) is 17.0 Å². The van der Waals surface area contributed by atoms with E-state index in [1.54, 1.807) is 0 Å². The van der Waals surface area contributed by atoms with Gasteiger partial charge in [0.15, 0.2) is 11.4 Å². The lowest BCUT2D eigenvalue weighted by molar-refractivity contribution is 0.0901. The molecule has 1 saturated heterocycles.